The first kappa shape index (κ1) is 11.4. The maximum atomic E-state index is 11.0. The fourth-order valence-corrected chi connectivity index (χ4v) is 0.852. The third kappa shape index (κ3) is 6.12. The second-order valence-electron chi connectivity index (χ2n) is 2.81. The van der Waals surface area contributed by atoms with Crippen molar-refractivity contribution < 1.29 is 15.0 Å². The minimum Gasteiger partial charge on any atom is -0.396 e. The van der Waals surface area contributed by atoms with E-state index in [1.165, 1.54) is 0 Å². The summed E-state index contributed by atoms with van der Waals surface area (Å²) < 4.78 is 0. The third-order valence-electron chi connectivity index (χ3n) is 1.53. The highest BCUT2D eigenvalue weighted by molar-refractivity contribution is 5.76. The zero-order chi connectivity index (χ0) is 9.40. The molecule has 0 bridgehead atoms. The van der Waals surface area contributed by atoms with Gasteiger partial charge in [0.15, 0.2) is 0 Å². The standard InChI is InChI=1S/C8H17NO3/c1-7(4-6-11)9-8(12)3-2-5-10/h7,10-11H,2-6H2,1H3,(H,9,12). The van der Waals surface area contributed by atoms with Gasteiger partial charge in [-0.15, -0.1) is 0 Å². The van der Waals surface area contributed by atoms with Crippen molar-refractivity contribution in [2.24, 2.45) is 0 Å². The van der Waals surface area contributed by atoms with Crippen LogP contribution in [-0.2, 0) is 4.79 Å². The van der Waals surface area contributed by atoms with E-state index < -0.39 is 0 Å². The van der Waals surface area contributed by atoms with E-state index in [0.717, 1.165) is 0 Å². The van der Waals surface area contributed by atoms with Gasteiger partial charge in [0.2, 0.25) is 5.91 Å². The number of carbonyl (C=O) groups excluding carboxylic acids is 1. The molecule has 0 spiro atoms. The Morgan fingerprint density at radius 3 is 2.58 bits per heavy atom. The van der Waals surface area contributed by atoms with Gasteiger partial charge in [0.25, 0.3) is 0 Å². The summed E-state index contributed by atoms with van der Waals surface area (Å²) in [5.74, 6) is -0.0648. The van der Waals surface area contributed by atoms with E-state index in [1.54, 1.807) is 0 Å². The van der Waals surface area contributed by atoms with Crippen LogP contribution in [-0.4, -0.2) is 35.4 Å². The van der Waals surface area contributed by atoms with Crippen molar-refractivity contribution in [2.45, 2.75) is 32.2 Å². The Morgan fingerprint density at radius 2 is 2.08 bits per heavy atom. The average molecular weight is 175 g/mol. The maximum Gasteiger partial charge on any atom is 0.220 e. The van der Waals surface area contributed by atoms with Gasteiger partial charge in [-0.2, -0.15) is 0 Å². The smallest absolute Gasteiger partial charge is 0.220 e. The monoisotopic (exact) mass is 175 g/mol. The van der Waals surface area contributed by atoms with Crippen molar-refractivity contribution in [1.29, 1.82) is 0 Å². The van der Waals surface area contributed by atoms with Gasteiger partial charge in [0, 0.05) is 25.7 Å². The Balaban J connectivity index is 3.40. The molecule has 1 atom stereocenters. The topological polar surface area (TPSA) is 69.6 Å². The van der Waals surface area contributed by atoms with Gasteiger partial charge in [0.05, 0.1) is 0 Å². The average Bonchev–Trinajstić information content (AvgIpc) is 2.01. The Labute approximate surface area is 72.6 Å². The summed E-state index contributed by atoms with van der Waals surface area (Å²) in [6, 6.07) is 0.0150. The van der Waals surface area contributed by atoms with Crippen LogP contribution in [0.1, 0.15) is 26.2 Å². The minimum atomic E-state index is -0.0648. The molecule has 0 saturated carbocycles. The van der Waals surface area contributed by atoms with E-state index in [0.29, 0.717) is 19.3 Å². The molecule has 0 radical (unpaired) electrons. The lowest BCUT2D eigenvalue weighted by atomic mass is 10.2. The van der Waals surface area contributed by atoms with Crippen molar-refractivity contribution in [3.05, 3.63) is 0 Å². The third-order valence-corrected chi connectivity index (χ3v) is 1.53. The molecule has 0 aromatic carbocycles. The summed E-state index contributed by atoms with van der Waals surface area (Å²) in [5, 5.41) is 19.7. The Hall–Kier alpha value is -0.610. The molecule has 0 heterocycles. The summed E-state index contributed by atoms with van der Waals surface area (Å²) in [5.41, 5.74) is 0. The number of amides is 1. The molecule has 1 unspecified atom stereocenters. The van der Waals surface area contributed by atoms with Crippen LogP contribution < -0.4 is 5.32 Å². The van der Waals surface area contributed by atoms with E-state index in [-0.39, 0.29) is 25.2 Å². The molecule has 0 aromatic rings. The lowest BCUT2D eigenvalue weighted by molar-refractivity contribution is -0.122. The van der Waals surface area contributed by atoms with Gasteiger partial charge in [0.1, 0.15) is 0 Å². The fourth-order valence-electron chi connectivity index (χ4n) is 0.852. The van der Waals surface area contributed by atoms with E-state index in [9.17, 15) is 4.79 Å². The second kappa shape index (κ2) is 7.06. The Bertz CT molecular complexity index is 127. The Kier molecular flexibility index (Phi) is 6.70. The minimum absolute atomic E-state index is 0.0150. The molecule has 72 valence electrons. The van der Waals surface area contributed by atoms with Crippen LogP contribution in [0, 0.1) is 0 Å². The number of rotatable bonds is 6. The zero-order valence-corrected chi connectivity index (χ0v) is 7.42. The molecule has 0 aliphatic heterocycles. The number of aliphatic hydroxyl groups excluding tert-OH is 2. The quantitative estimate of drug-likeness (QED) is 0.516. The van der Waals surface area contributed by atoms with Crippen LogP contribution in [0.5, 0.6) is 0 Å². The van der Waals surface area contributed by atoms with Gasteiger partial charge in [-0.3, -0.25) is 4.79 Å². The number of carbonyl (C=O) groups is 1. The van der Waals surface area contributed by atoms with Gasteiger partial charge in [-0.1, -0.05) is 0 Å². The molecule has 0 aliphatic rings. The van der Waals surface area contributed by atoms with Crippen molar-refractivity contribution >= 4 is 5.91 Å². The van der Waals surface area contributed by atoms with Crippen molar-refractivity contribution in [3.63, 3.8) is 0 Å². The number of hydrogen-bond acceptors (Lipinski definition) is 3. The summed E-state index contributed by atoms with van der Waals surface area (Å²) in [4.78, 5) is 11.0. The molecule has 4 nitrogen and oxygen atoms in total. The molecule has 0 fully saturated rings. The number of nitrogens with one attached hydrogen (secondary N) is 1. The van der Waals surface area contributed by atoms with Crippen LogP contribution in [0.2, 0.25) is 0 Å². The first-order chi connectivity index (χ1) is 5.70. The van der Waals surface area contributed by atoms with Crippen LogP contribution >= 0.6 is 0 Å². The van der Waals surface area contributed by atoms with E-state index in [4.69, 9.17) is 10.2 Å². The molecule has 0 aromatic heterocycles. The molecule has 4 heteroatoms. The molecule has 1 amide bonds. The summed E-state index contributed by atoms with van der Waals surface area (Å²) in [7, 11) is 0. The van der Waals surface area contributed by atoms with Crippen LogP contribution in [0.15, 0.2) is 0 Å². The first-order valence-electron chi connectivity index (χ1n) is 4.21. The molecule has 0 saturated heterocycles. The molecule has 12 heavy (non-hydrogen) atoms. The fraction of sp³-hybridized carbons (Fsp3) is 0.875. The predicted molar refractivity (Wildman–Crippen MR) is 45.6 cm³/mol. The molecular weight excluding hydrogens is 158 g/mol. The largest absolute Gasteiger partial charge is 0.396 e. The highest BCUT2D eigenvalue weighted by Crippen LogP contribution is 1.92. The van der Waals surface area contributed by atoms with Crippen molar-refractivity contribution in [2.75, 3.05) is 13.2 Å². The SMILES string of the molecule is CC(CCO)NC(=O)CCCO. The van der Waals surface area contributed by atoms with Gasteiger partial charge >= 0.3 is 0 Å². The molecule has 3 N–H and O–H groups in total. The van der Waals surface area contributed by atoms with Crippen molar-refractivity contribution in [1.82, 2.24) is 5.32 Å². The van der Waals surface area contributed by atoms with Gasteiger partial charge in [-0.05, 0) is 19.8 Å². The van der Waals surface area contributed by atoms with E-state index >= 15 is 0 Å². The first-order valence-corrected chi connectivity index (χ1v) is 4.21. The summed E-state index contributed by atoms with van der Waals surface area (Å²) >= 11 is 0. The highest BCUT2D eigenvalue weighted by Gasteiger charge is 2.05. The van der Waals surface area contributed by atoms with Crippen LogP contribution in [0.3, 0.4) is 0 Å². The van der Waals surface area contributed by atoms with E-state index in [1.807, 2.05) is 6.92 Å². The lowest BCUT2D eigenvalue weighted by Crippen LogP contribution is -2.33. The Morgan fingerprint density at radius 1 is 1.42 bits per heavy atom. The zero-order valence-electron chi connectivity index (χ0n) is 7.42. The van der Waals surface area contributed by atoms with Gasteiger partial charge < -0.3 is 15.5 Å². The van der Waals surface area contributed by atoms with Crippen LogP contribution in [0.4, 0.5) is 0 Å². The molecule has 0 aliphatic carbocycles. The normalized spacial score (nSPS) is 12.6. The summed E-state index contributed by atoms with van der Waals surface area (Å²) in [6.07, 6.45) is 1.43. The molecular formula is C8H17NO3. The number of aliphatic hydroxyl groups is 2. The van der Waals surface area contributed by atoms with Gasteiger partial charge in [-0.25, -0.2) is 0 Å². The summed E-state index contributed by atoms with van der Waals surface area (Å²) in [6.45, 7) is 1.97. The number of hydrogen-bond donors (Lipinski definition) is 3. The highest BCUT2D eigenvalue weighted by atomic mass is 16.3. The lowest BCUT2D eigenvalue weighted by Gasteiger charge is -2.11. The molecule has 0 rings (SSSR count). The second-order valence-corrected chi connectivity index (χ2v) is 2.81. The predicted octanol–water partition coefficient (Wildman–Crippen LogP) is -0.354. The van der Waals surface area contributed by atoms with E-state index in [2.05, 4.69) is 5.32 Å². The van der Waals surface area contributed by atoms with Crippen LogP contribution in [0.25, 0.3) is 0 Å². The maximum absolute atomic E-state index is 11.0. The van der Waals surface area contributed by atoms with Crippen molar-refractivity contribution in [3.8, 4) is 0 Å².